The summed E-state index contributed by atoms with van der Waals surface area (Å²) in [6.07, 6.45) is 1.39. The molecule has 0 atom stereocenters. The van der Waals surface area contributed by atoms with Crippen LogP contribution in [0, 0.1) is 0 Å². The Kier molecular flexibility index (Phi) is 4.01. The molecule has 0 spiro atoms. The van der Waals surface area contributed by atoms with E-state index in [0.29, 0.717) is 21.6 Å². The van der Waals surface area contributed by atoms with Crippen LogP contribution >= 0.6 is 23.2 Å². The van der Waals surface area contributed by atoms with Crippen molar-refractivity contribution < 1.29 is 4.79 Å². The number of carbonyl (C=O) groups is 1. The van der Waals surface area contributed by atoms with Crippen molar-refractivity contribution >= 4 is 35.1 Å². The number of rotatable bonds is 2. The predicted molar refractivity (Wildman–Crippen MR) is 79.4 cm³/mol. The number of aromatic nitrogens is 3. The number of hydrogen-bond donors (Lipinski definition) is 1. The van der Waals surface area contributed by atoms with Crippen LogP contribution in [0.2, 0.25) is 10.0 Å². The van der Waals surface area contributed by atoms with Crippen LogP contribution in [-0.2, 0) is 5.54 Å². The molecule has 0 fully saturated rings. The minimum absolute atomic E-state index is 0.287. The summed E-state index contributed by atoms with van der Waals surface area (Å²) in [6.45, 7) is 5.90. The van der Waals surface area contributed by atoms with Gasteiger partial charge in [0.2, 0.25) is 5.95 Å². The number of carbonyl (C=O) groups excluding carboxylic acids is 1. The van der Waals surface area contributed by atoms with E-state index >= 15 is 0 Å². The van der Waals surface area contributed by atoms with Gasteiger partial charge in [0.25, 0.3) is 5.91 Å². The average Bonchev–Trinajstić information content (AvgIpc) is 2.75. The van der Waals surface area contributed by atoms with Crippen LogP contribution in [0.4, 0.5) is 5.95 Å². The second-order valence-corrected chi connectivity index (χ2v) is 6.15. The van der Waals surface area contributed by atoms with Crippen molar-refractivity contribution in [1.82, 2.24) is 14.8 Å². The Bertz CT molecular complexity index is 626. The topological polar surface area (TPSA) is 59.8 Å². The normalized spacial score (nSPS) is 11.4. The van der Waals surface area contributed by atoms with E-state index < -0.39 is 0 Å². The SMILES string of the molecule is CC(C)(C)n1ncnc1NC(=O)c1cc(Cl)cc(Cl)c1. The Morgan fingerprint density at radius 1 is 1.20 bits per heavy atom. The molecule has 0 unspecified atom stereocenters. The lowest BCUT2D eigenvalue weighted by atomic mass is 10.1. The number of nitrogens with one attached hydrogen (secondary N) is 1. The van der Waals surface area contributed by atoms with Crippen molar-refractivity contribution in [2.24, 2.45) is 0 Å². The molecule has 2 rings (SSSR count). The molecule has 20 heavy (non-hydrogen) atoms. The van der Waals surface area contributed by atoms with Crippen molar-refractivity contribution in [3.63, 3.8) is 0 Å². The standard InChI is InChI=1S/C13H14Cl2N4O/c1-13(2,3)19-12(16-7-17-19)18-11(20)8-4-9(14)6-10(15)5-8/h4-7H,1-3H3,(H,16,17,18,20). The summed E-state index contributed by atoms with van der Waals surface area (Å²) in [5.74, 6) is 0.0338. The van der Waals surface area contributed by atoms with Gasteiger partial charge < -0.3 is 0 Å². The molecule has 0 radical (unpaired) electrons. The molecule has 0 aliphatic rings. The zero-order valence-electron chi connectivity index (χ0n) is 11.3. The van der Waals surface area contributed by atoms with E-state index in [-0.39, 0.29) is 11.4 Å². The van der Waals surface area contributed by atoms with Gasteiger partial charge in [0.1, 0.15) is 6.33 Å². The first-order valence-electron chi connectivity index (χ1n) is 5.95. The Morgan fingerprint density at radius 3 is 2.35 bits per heavy atom. The highest BCUT2D eigenvalue weighted by atomic mass is 35.5. The molecule has 0 saturated heterocycles. The first kappa shape index (κ1) is 14.8. The Morgan fingerprint density at radius 2 is 1.80 bits per heavy atom. The minimum atomic E-state index is -0.340. The third-order valence-corrected chi connectivity index (χ3v) is 2.97. The number of benzene rings is 1. The lowest BCUT2D eigenvalue weighted by molar-refractivity contribution is 0.102. The molecular weight excluding hydrogens is 299 g/mol. The molecule has 0 aliphatic carbocycles. The van der Waals surface area contributed by atoms with Crippen LogP contribution in [0.5, 0.6) is 0 Å². The summed E-state index contributed by atoms with van der Waals surface area (Å²) >= 11 is 11.8. The van der Waals surface area contributed by atoms with Gasteiger partial charge in [-0.3, -0.25) is 10.1 Å². The Labute approximate surface area is 126 Å². The fourth-order valence-electron chi connectivity index (χ4n) is 1.68. The largest absolute Gasteiger partial charge is 0.291 e. The van der Waals surface area contributed by atoms with Crippen LogP contribution < -0.4 is 5.32 Å². The van der Waals surface area contributed by atoms with Gasteiger partial charge in [0.15, 0.2) is 0 Å². The van der Waals surface area contributed by atoms with Gasteiger partial charge >= 0.3 is 0 Å². The van der Waals surface area contributed by atoms with Crippen LogP contribution in [0.1, 0.15) is 31.1 Å². The molecule has 1 N–H and O–H groups in total. The lowest BCUT2D eigenvalue weighted by Crippen LogP contribution is -2.27. The first-order chi connectivity index (χ1) is 9.27. The van der Waals surface area contributed by atoms with Crippen LogP contribution in [0.3, 0.4) is 0 Å². The minimum Gasteiger partial charge on any atom is -0.291 e. The molecular formula is C13H14Cl2N4O. The van der Waals surface area contributed by atoms with Crippen molar-refractivity contribution in [1.29, 1.82) is 0 Å². The molecule has 106 valence electrons. The van der Waals surface area contributed by atoms with Crippen molar-refractivity contribution in [3.8, 4) is 0 Å². The molecule has 1 heterocycles. The van der Waals surface area contributed by atoms with Crippen molar-refractivity contribution in [2.45, 2.75) is 26.3 Å². The first-order valence-corrected chi connectivity index (χ1v) is 6.71. The highest BCUT2D eigenvalue weighted by molar-refractivity contribution is 6.35. The Hall–Kier alpha value is -1.59. The fraction of sp³-hybridized carbons (Fsp3) is 0.308. The molecule has 0 bridgehead atoms. The molecule has 1 aromatic carbocycles. The summed E-state index contributed by atoms with van der Waals surface area (Å²) < 4.78 is 1.64. The maximum atomic E-state index is 12.2. The van der Waals surface area contributed by atoms with E-state index in [1.54, 1.807) is 22.9 Å². The van der Waals surface area contributed by atoms with Gasteiger partial charge in [0.05, 0.1) is 5.54 Å². The van der Waals surface area contributed by atoms with E-state index in [1.165, 1.54) is 6.33 Å². The second kappa shape index (κ2) is 5.42. The molecule has 0 aliphatic heterocycles. The van der Waals surface area contributed by atoms with Crippen LogP contribution in [0.15, 0.2) is 24.5 Å². The maximum Gasteiger partial charge on any atom is 0.258 e. The molecule has 0 saturated carbocycles. The molecule has 1 aromatic heterocycles. The monoisotopic (exact) mass is 312 g/mol. The number of anilines is 1. The fourth-order valence-corrected chi connectivity index (χ4v) is 2.20. The quantitative estimate of drug-likeness (QED) is 0.921. The summed E-state index contributed by atoms with van der Waals surface area (Å²) in [4.78, 5) is 16.2. The molecule has 2 aromatic rings. The van der Waals surface area contributed by atoms with Crippen molar-refractivity contribution in [3.05, 3.63) is 40.1 Å². The number of halogens is 2. The van der Waals surface area contributed by atoms with Gasteiger partial charge in [-0.05, 0) is 39.0 Å². The number of nitrogens with zero attached hydrogens (tertiary/aromatic N) is 3. The molecule has 7 heteroatoms. The Balaban J connectivity index is 2.26. The average molecular weight is 313 g/mol. The van der Waals surface area contributed by atoms with E-state index in [0.717, 1.165) is 0 Å². The zero-order chi connectivity index (χ0) is 14.9. The molecule has 5 nitrogen and oxygen atoms in total. The summed E-state index contributed by atoms with van der Waals surface area (Å²) in [5.41, 5.74) is 0.0800. The summed E-state index contributed by atoms with van der Waals surface area (Å²) in [7, 11) is 0. The van der Waals surface area contributed by atoms with Gasteiger partial charge in [-0.1, -0.05) is 23.2 Å². The predicted octanol–water partition coefficient (Wildman–Crippen LogP) is 3.59. The van der Waals surface area contributed by atoms with E-state index in [2.05, 4.69) is 15.4 Å². The van der Waals surface area contributed by atoms with Gasteiger partial charge in [-0.25, -0.2) is 4.68 Å². The van der Waals surface area contributed by atoms with Gasteiger partial charge in [-0.2, -0.15) is 10.1 Å². The maximum absolute atomic E-state index is 12.2. The summed E-state index contributed by atoms with van der Waals surface area (Å²) in [6, 6.07) is 4.65. The third-order valence-electron chi connectivity index (χ3n) is 2.53. The number of amides is 1. The van der Waals surface area contributed by atoms with Crippen LogP contribution in [-0.4, -0.2) is 20.7 Å². The molecule has 1 amide bonds. The summed E-state index contributed by atoms with van der Waals surface area (Å²) in [5, 5.41) is 7.61. The van der Waals surface area contributed by atoms with Gasteiger partial charge in [0, 0.05) is 15.6 Å². The lowest BCUT2D eigenvalue weighted by Gasteiger charge is -2.21. The number of hydrogen-bond acceptors (Lipinski definition) is 3. The second-order valence-electron chi connectivity index (χ2n) is 5.28. The van der Waals surface area contributed by atoms with Gasteiger partial charge in [-0.15, -0.1) is 0 Å². The van der Waals surface area contributed by atoms with E-state index in [4.69, 9.17) is 23.2 Å². The van der Waals surface area contributed by atoms with Crippen LogP contribution in [0.25, 0.3) is 0 Å². The van der Waals surface area contributed by atoms with Crippen molar-refractivity contribution in [2.75, 3.05) is 5.32 Å². The zero-order valence-corrected chi connectivity index (χ0v) is 12.8. The smallest absolute Gasteiger partial charge is 0.258 e. The highest BCUT2D eigenvalue weighted by Crippen LogP contribution is 2.21. The van der Waals surface area contributed by atoms with E-state index in [9.17, 15) is 4.79 Å². The third kappa shape index (κ3) is 3.29. The van der Waals surface area contributed by atoms with E-state index in [1.807, 2.05) is 20.8 Å². The highest BCUT2D eigenvalue weighted by Gasteiger charge is 2.20.